The first kappa shape index (κ1) is 18.5. The van der Waals surface area contributed by atoms with Crippen molar-refractivity contribution in [3.05, 3.63) is 72.6 Å². The van der Waals surface area contributed by atoms with Crippen molar-refractivity contribution in [1.82, 2.24) is 24.6 Å². The summed E-state index contributed by atoms with van der Waals surface area (Å²) in [7, 11) is 0. The lowest BCUT2D eigenvalue weighted by atomic mass is 10.1. The number of nitrogens with one attached hydrogen (secondary N) is 1. The van der Waals surface area contributed by atoms with E-state index in [2.05, 4.69) is 45.0 Å². The van der Waals surface area contributed by atoms with E-state index in [0.717, 1.165) is 35.1 Å². The summed E-state index contributed by atoms with van der Waals surface area (Å²) < 4.78 is 15.3. The Bertz CT molecular complexity index is 1180. The van der Waals surface area contributed by atoms with Crippen molar-refractivity contribution in [3.8, 4) is 11.1 Å². The molecule has 0 aliphatic carbocycles. The van der Waals surface area contributed by atoms with E-state index in [1.165, 1.54) is 12.1 Å². The second-order valence-electron chi connectivity index (χ2n) is 8.01. The van der Waals surface area contributed by atoms with E-state index >= 15 is 0 Å². The van der Waals surface area contributed by atoms with E-state index in [-0.39, 0.29) is 17.8 Å². The molecule has 1 amide bonds. The summed E-state index contributed by atoms with van der Waals surface area (Å²) in [6.45, 7) is 3.56. The molecule has 7 heteroatoms. The highest BCUT2D eigenvalue weighted by Gasteiger charge is 2.33. The Kier molecular flexibility index (Phi) is 4.58. The van der Waals surface area contributed by atoms with Crippen LogP contribution < -0.4 is 0 Å². The maximum absolute atomic E-state index is 13.2. The molecule has 5 rings (SSSR count). The van der Waals surface area contributed by atoms with Crippen molar-refractivity contribution in [1.29, 1.82) is 0 Å². The first-order valence-electron chi connectivity index (χ1n) is 10.1. The lowest BCUT2D eigenvalue weighted by Crippen LogP contribution is -2.34. The van der Waals surface area contributed by atoms with Crippen LogP contribution >= 0.6 is 0 Å². The second kappa shape index (κ2) is 7.40. The fraction of sp³-hybridized carbons (Fsp3) is 0.261. The number of amides is 1. The van der Waals surface area contributed by atoms with E-state index in [0.29, 0.717) is 18.0 Å². The molecule has 152 valence electrons. The number of hydrogen-bond acceptors (Lipinski definition) is 3. The van der Waals surface area contributed by atoms with Gasteiger partial charge in [0.05, 0.1) is 6.20 Å². The molecule has 1 fully saturated rings. The first-order chi connectivity index (χ1) is 14.6. The molecule has 0 unspecified atom stereocenters. The molecule has 2 atom stereocenters. The Labute approximate surface area is 173 Å². The lowest BCUT2D eigenvalue weighted by Gasteiger charge is -2.21. The minimum absolute atomic E-state index is 0.0368. The molecule has 0 saturated carbocycles. The number of pyridine rings is 1. The summed E-state index contributed by atoms with van der Waals surface area (Å²) in [6, 6.07) is 10.1. The number of aromatic amines is 1. The largest absolute Gasteiger partial charge is 0.336 e. The van der Waals surface area contributed by atoms with Gasteiger partial charge in [-0.05, 0) is 55.7 Å². The molecule has 6 nitrogen and oxygen atoms in total. The SMILES string of the molecule is C[C@H]1C[C@H](Cn2ccc3cc(-c4cn[nH]c4)cnc32)CN1C(=O)c1ccc(F)cc1. The van der Waals surface area contributed by atoms with Gasteiger partial charge in [0.25, 0.3) is 5.91 Å². The fourth-order valence-corrected chi connectivity index (χ4v) is 4.39. The predicted molar refractivity (Wildman–Crippen MR) is 112 cm³/mol. The van der Waals surface area contributed by atoms with Crippen molar-refractivity contribution in [2.45, 2.75) is 25.9 Å². The predicted octanol–water partition coefficient (Wildman–Crippen LogP) is 4.12. The van der Waals surface area contributed by atoms with Gasteiger partial charge in [0.2, 0.25) is 0 Å². The maximum Gasteiger partial charge on any atom is 0.254 e. The molecule has 4 heterocycles. The van der Waals surface area contributed by atoms with Gasteiger partial charge in [-0.1, -0.05) is 0 Å². The van der Waals surface area contributed by atoms with Gasteiger partial charge in [-0.15, -0.1) is 0 Å². The van der Waals surface area contributed by atoms with Gasteiger partial charge in [-0.25, -0.2) is 9.37 Å². The second-order valence-corrected chi connectivity index (χ2v) is 8.01. The smallest absolute Gasteiger partial charge is 0.254 e. The van der Waals surface area contributed by atoms with E-state index in [9.17, 15) is 9.18 Å². The summed E-state index contributed by atoms with van der Waals surface area (Å²) in [4.78, 5) is 19.4. The summed E-state index contributed by atoms with van der Waals surface area (Å²) in [6.07, 6.45) is 8.50. The average molecular weight is 403 g/mol. The first-order valence-corrected chi connectivity index (χ1v) is 10.1. The maximum atomic E-state index is 13.2. The molecule has 0 bridgehead atoms. The van der Waals surface area contributed by atoms with Crippen LogP contribution in [0.2, 0.25) is 0 Å². The number of carbonyl (C=O) groups excluding carboxylic acids is 1. The van der Waals surface area contributed by atoms with Gasteiger partial charge in [0.1, 0.15) is 11.5 Å². The Morgan fingerprint density at radius 2 is 2.03 bits per heavy atom. The fourth-order valence-electron chi connectivity index (χ4n) is 4.39. The summed E-state index contributed by atoms with van der Waals surface area (Å²) in [5.74, 6) is -0.0256. The third-order valence-electron chi connectivity index (χ3n) is 5.90. The van der Waals surface area contributed by atoms with Gasteiger partial charge >= 0.3 is 0 Å². The Morgan fingerprint density at radius 1 is 1.20 bits per heavy atom. The zero-order valence-electron chi connectivity index (χ0n) is 16.6. The molecular formula is C23H22FN5O. The molecule has 0 spiro atoms. The highest BCUT2D eigenvalue weighted by Crippen LogP contribution is 2.28. The van der Waals surface area contributed by atoms with Gasteiger partial charge in [0, 0.05) is 59.8 Å². The summed E-state index contributed by atoms with van der Waals surface area (Å²) >= 11 is 0. The molecule has 1 N–H and O–H groups in total. The van der Waals surface area contributed by atoms with Crippen LogP contribution in [-0.4, -0.2) is 43.1 Å². The van der Waals surface area contributed by atoms with Crippen LogP contribution in [-0.2, 0) is 6.54 Å². The molecule has 1 aliphatic heterocycles. The Hall–Kier alpha value is -3.48. The number of nitrogens with zero attached hydrogens (tertiary/aromatic N) is 4. The standard InChI is InChI=1S/C23H22FN5O/c1-15-8-16(14-29(15)23(30)17-2-4-21(24)5-3-17)13-28-7-6-18-9-19(10-25-22(18)28)20-11-26-27-12-20/h2-7,9-12,15-16H,8,13-14H2,1H3,(H,26,27)/t15-,16+/m0/s1. The number of benzene rings is 1. The number of carbonyl (C=O) groups is 1. The normalized spacial score (nSPS) is 18.9. The van der Waals surface area contributed by atoms with Crippen molar-refractivity contribution in [2.24, 2.45) is 5.92 Å². The van der Waals surface area contributed by atoms with Crippen LogP contribution in [0.3, 0.4) is 0 Å². The molecular weight excluding hydrogens is 381 g/mol. The van der Waals surface area contributed by atoms with E-state index in [1.807, 2.05) is 17.3 Å². The van der Waals surface area contributed by atoms with Crippen molar-refractivity contribution in [2.75, 3.05) is 6.54 Å². The number of rotatable bonds is 4. The van der Waals surface area contributed by atoms with Crippen LogP contribution in [0.1, 0.15) is 23.7 Å². The van der Waals surface area contributed by atoms with Crippen LogP contribution in [0.25, 0.3) is 22.2 Å². The molecule has 1 aliphatic rings. The van der Waals surface area contributed by atoms with Crippen molar-refractivity contribution < 1.29 is 9.18 Å². The van der Waals surface area contributed by atoms with Crippen LogP contribution in [0.15, 0.2) is 61.2 Å². The monoisotopic (exact) mass is 403 g/mol. The van der Waals surface area contributed by atoms with Gasteiger partial charge in [-0.3, -0.25) is 9.89 Å². The summed E-state index contributed by atoms with van der Waals surface area (Å²) in [5, 5.41) is 7.91. The van der Waals surface area contributed by atoms with Crippen LogP contribution in [0, 0.1) is 11.7 Å². The molecule has 30 heavy (non-hydrogen) atoms. The van der Waals surface area contributed by atoms with Gasteiger partial charge < -0.3 is 9.47 Å². The van der Waals surface area contributed by atoms with E-state index < -0.39 is 0 Å². The highest BCUT2D eigenvalue weighted by molar-refractivity contribution is 5.94. The minimum Gasteiger partial charge on any atom is -0.336 e. The molecule has 3 aromatic heterocycles. The summed E-state index contributed by atoms with van der Waals surface area (Å²) in [5.41, 5.74) is 3.51. The van der Waals surface area contributed by atoms with Crippen molar-refractivity contribution in [3.63, 3.8) is 0 Å². The van der Waals surface area contributed by atoms with E-state index in [1.54, 1.807) is 18.3 Å². The molecule has 4 aromatic rings. The number of halogens is 1. The van der Waals surface area contributed by atoms with Crippen LogP contribution in [0.5, 0.6) is 0 Å². The Balaban J connectivity index is 1.32. The molecule has 1 saturated heterocycles. The van der Waals surface area contributed by atoms with E-state index in [4.69, 9.17) is 0 Å². The third-order valence-corrected chi connectivity index (χ3v) is 5.90. The number of hydrogen-bond donors (Lipinski definition) is 1. The highest BCUT2D eigenvalue weighted by atomic mass is 19.1. The number of H-pyrrole nitrogens is 1. The van der Waals surface area contributed by atoms with Gasteiger partial charge in [0.15, 0.2) is 0 Å². The quantitative estimate of drug-likeness (QED) is 0.557. The molecule has 1 aromatic carbocycles. The van der Waals surface area contributed by atoms with Crippen molar-refractivity contribution >= 4 is 16.9 Å². The Morgan fingerprint density at radius 3 is 2.80 bits per heavy atom. The zero-order chi connectivity index (χ0) is 20.7. The lowest BCUT2D eigenvalue weighted by molar-refractivity contribution is 0.0742. The topological polar surface area (TPSA) is 66.8 Å². The van der Waals surface area contributed by atoms with Crippen LogP contribution in [0.4, 0.5) is 4.39 Å². The number of aromatic nitrogens is 4. The third kappa shape index (κ3) is 3.36. The van der Waals surface area contributed by atoms with Gasteiger partial charge in [-0.2, -0.15) is 5.10 Å². The minimum atomic E-state index is -0.332. The average Bonchev–Trinajstić information content (AvgIpc) is 3.49. The number of likely N-dealkylation sites (tertiary alicyclic amines) is 1. The zero-order valence-corrected chi connectivity index (χ0v) is 16.6. The molecule has 0 radical (unpaired) electrons. The number of fused-ring (bicyclic) bond motifs is 1.